The van der Waals surface area contributed by atoms with E-state index in [1.807, 2.05) is 17.9 Å². The first-order valence-corrected chi connectivity index (χ1v) is 7.59. The highest BCUT2D eigenvalue weighted by Gasteiger charge is 2.39. The summed E-state index contributed by atoms with van der Waals surface area (Å²) in [5.74, 6) is 1.62. The van der Waals surface area contributed by atoms with Gasteiger partial charge in [0.2, 0.25) is 0 Å². The second kappa shape index (κ2) is 5.25. The minimum atomic E-state index is 0.624. The zero-order valence-electron chi connectivity index (χ0n) is 12.3. The molecule has 1 aliphatic carbocycles. The predicted molar refractivity (Wildman–Crippen MR) is 76.8 cm³/mol. The Balaban J connectivity index is 1.69. The molecule has 2 aliphatic rings. The first-order valence-electron chi connectivity index (χ1n) is 7.59. The summed E-state index contributed by atoms with van der Waals surface area (Å²) in [6, 6.07) is 3.49. The van der Waals surface area contributed by atoms with E-state index in [1.165, 1.54) is 18.5 Å². The van der Waals surface area contributed by atoms with E-state index in [0.29, 0.717) is 12.0 Å². The zero-order chi connectivity index (χ0) is 13.4. The van der Waals surface area contributed by atoms with Gasteiger partial charge in [0.15, 0.2) is 0 Å². The number of aromatic nitrogens is 2. The van der Waals surface area contributed by atoms with E-state index in [1.54, 1.807) is 0 Å². The third-order valence-electron chi connectivity index (χ3n) is 4.59. The molecule has 1 aromatic heterocycles. The van der Waals surface area contributed by atoms with Crippen LogP contribution in [0.5, 0.6) is 0 Å². The molecule has 0 bridgehead atoms. The molecule has 1 saturated heterocycles. The molecular weight excluding hydrogens is 236 g/mol. The molecule has 1 saturated carbocycles. The lowest BCUT2D eigenvalue weighted by Gasteiger charge is -2.42. The maximum Gasteiger partial charge on any atom is 0.0764 e. The van der Waals surface area contributed by atoms with Crippen molar-refractivity contribution in [2.75, 3.05) is 13.1 Å². The van der Waals surface area contributed by atoms with Gasteiger partial charge >= 0.3 is 0 Å². The third-order valence-corrected chi connectivity index (χ3v) is 4.59. The van der Waals surface area contributed by atoms with Gasteiger partial charge in [0.25, 0.3) is 0 Å². The van der Waals surface area contributed by atoms with Crippen LogP contribution in [0.2, 0.25) is 0 Å². The third kappa shape index (κ3) is 3.00. The highest BCUT2D eigenvalue weighted by atomic mass is 15.3. The standard InChI is InChI=1S/C15H26N4/c1-11(2)14-10-19(9-13-6-7-18(3)17-13)15(8-16-14)12-4-5-12/h6-7,11-12,14-16H,4-5,8-10H2,1-3H3. The molecule has 4 heteroatoms. The number of piperazine rings is 1. The Morgan fingerprint density at radius 2 is 2.21 bits per heavy atom. The van der Waals surface area contributed by atoms with Gasteiger partial charge in [0.05, 0.1) is 5.69 Å². The minimum absolute atomic E-state index is 0.624. The van der Waals surface area contributed by atoms with Crippen LogP contribution in [-0.4, -0.2) is 39.9 Å². The number of nitrogens with zero attached hydrogens (tertiary/aromatic N) is 3. The topological polar surface area (TPSA) is 33.1 Å². The van der Waals surface area contributed by atoms with Crippen molar-refractivity contribution in [2.24, 2.45) is 18.9 Å². The number of aryl methyl sites for hydroxylation is 1. The van der Waals surface area contributed by atoms with Crippen LogP contribution in [0.1, 0.15) is 32.4 Å². The Hall–Kier alpha value is -0.870. The first-order chi connectivity index (χ1) is 9.13. The van der Waals surface area contributed by atoms with Crippen LogP contribution in [0.25, 0.3) is 0 Å². The van der Waals surface area contributed by atoms with Crippen LogP contribution >= 0.6 is 0 Å². The summed E-state index contributed by atoms with van der Waals surface area (Å²) >= 11 is 0. The fraction of sp³-hybridized carbons (Fsp3) is 0.800. The molecule has 106 valence electrons. The Bertz CT molecular complexity index is 422. The average molecular weight is 262 g/mol. The summed E-state index contributed by atoms with van der Waals surface area (Å²) in [6.07, 6.45) is 4.87. The van der Waals surface area contributed by atoms with Gasteiger partial charge in [-0.1, -0.05) is 13.8 Å². The monoisotopic (exact) mass is 262 g/mol. The molecule has 0 spiro atoms. The van der Waals surface area contributed by atoms with Crippen molar-refractivity contribution < 1.29 is 0 Å². The van der Waals surface area contributed by atoms with Gasteiger partial charge in [-0.2, -0.15) is 5.10 Å². The van der Waals surface area contributed by atoms with Crippen LogP contribution in [0.15, 0.2) is 12.3 Å². The maximum absolute atomic E-state index is 4.54. The van der Waals surface area contributed by atoms with Gasteiger partial charge in [-0.05, 0) is 30.7 Å². The van der Waals surface area contributed by atoms with Gasteiger partial charge in [-0.15, -0.1) is 0 Å². The number of hydrogen-bond acceptors (Lipinski definition) is 3. The van der Waals surface area contributed by atoms with E-state index in [0.717, 1.165) is 31.6 Å². The summed E-state index contributed by atoms with van der Waals surface area (Å²) in [5.41, 5.74) is 1.21. The summed E-state index contributed by atoms with van der Waals surface area (Å²) in [6.45, 7) is 7.95. The Morgan fingerprint density at radius 3 is 2.79 bits per heavy atom. The van der Waals surface area contributed by atoms with Gasteiger partial charge in [-0.25, -0.2) is 0 Å². The lowest BCUT2D eigenvalue weighted by atomic mass is 9.97. The quantitative estimate of drug-likeness (QED) is 0.895. The molecular formula is C15H26N4. The summed E-state index contributed by atoms with van der Waals surface area (Å²) in [4.78, 5) is 2.67. The maximum atomic E-state index is 4.54. The molecule has 19 heavy (non-hydrogen) atoms. The van der Waals surface area contributed by atoms with Gasteiger partial charge in [0, 0.05) is 45.0 Å². The molecule has 2 atom stereocenters. The molecule has 1 aromatic rings. The number of rotatable bonds is 4. The van der Waals surface area contributed by atoms with Crippen molar-refractivity contribution in [1.82, 2.24) is 20.0 Å². The second-order valence-corrected chi connectivity index (χ2v) is 6.57. The van der Waals surface area contributed by atoms with E-state index >= 15 is 0 Å². The Kier molecular flexibility index (Phi) is 3.63. The van der Waals surface area contributed by atoms with E-state index in [-0.39, 0.29) is 0 Å². The largest absolute Gasteiger partial charge is 0.311 e. The van der Waals surface area contributed by atoms with E-state index < -0.39 is 0 Å². The van der Waals surface area contributed by atoms with Crippen molar-refractivity contribution in [3.63, 3.8) is 0 Å². The van der Waals surface area contributed by atoms with Crippen molar-refractivity contribution in [3.8, 4) is 0 Å². The molecule has 3 rings (SSSR count). The highest BCUT2D eigenvalue weighted by molar-refractivity contribution is 5.02. The van der Waals surface area contributed by atoms with Crippen molar-refractivity contribution in [1.29, 1.82) is 0 Å². The highest BCUT2D eigenvalue weighted by Crippen LogP contribution is 2.37. The first kappa shape index (κ1) is 13.1. The van der Waals surface area contributed by atoms with Gasteiger partial charge < -0.3 is 5.32 Å². The summed E-state index contributed by atoms with van der Waals surface area (Å²) in [5, 5.41) is 8.29. The lowest BCUT2D eigenvalue weighted by molar-refractivity contribution is 0.0912. The van der Waals surface area contributed by atoms with Crippen molar-refractivity contribution in [3.05, 3.63) is 18.0 Å². The molecule has 1 aliphatic heterocycles. The molecule has 2 unspecified atom stereocenters. The smallest absolute Gasteiger partial charge is 0.0764 e. The lowest BCUT2D eigenvalue weighted by Crippen LogP contribution is -2.58. The normalized spacial score (nSPS) is 29.1. The van der Waals surface area contributed by atoms with E-state index in [4.69, 9.17) is 0 Å². The van der Waals surface area contributed by atoms with Crippen LogP contribution in [0.3, 0.4) is 0 Å². The molecule has 2 heterocycles. The van der Waals surface area contributed by atoms with E-state index in [2.05, 4.69) is 35.2 Å². The molecule has 4 nitrogen and oxygen atoms in total. The Labute approximate surface area is 116 Å². The van der Waals surface area contributed by atoms with Crippen LogP contribution < -0.4 is 5.32 Å². The van der Waals surface area contributed by atoms with Gasteiger partial charge in [0.1, 0.15) is 0 Å². The SMILES string of the molecule is CC(C)C1CN(Cc2ccn(C)n2)C(C2CC2)CN1. The predicted octanol–water partition coefficient (Wildman–Crippen LogP) is 1.63. The molecule has 1 N–H and O–H groups in total. The van der Waals surface area contributed by atoms with E-state index in [9.17, 15) is 0 Å². The molecule has 0 amide bonds. The summed E-state index contributed by atoms with van der Waals surface area (Å²) in [7, 11) is 2.00. The second-order valence-electron chi connectivity index (χ2n) is 6.57. The van der Waals surface area contributed by atoms with Gasteiger partial charge in [-0.3, -0.25) is 9.58 Å². The number of nitrogens with one attached hydrogen (secondary N) is 1. The fourth-order valence-corrected chi connectivity index (χ4v) is 3.18. The minimum Gasteiger partial charge on any atom is -0.311 e. The molecule has 0 aromatic carbocycles. The van der Waals surface area contributed by atoms with Crippen LogP contribution in [0, 0.1) is 11.8 Å². The molecule has 0 radical (unpaired) electrons. The van der Waals surface area contributed by atoms with Crippen molar-refractivity contribution in [2.45, 2.75) is 45.3 Å². The number of hydrogen-bond donors (Lipinski definition) is 1. The average Bonchev–Trinajstić information content (AvgIpc) is 3.13. The Morgan fingerprint density at radius 1 is 1.42 bits per heavy atom. The van der Waals surface area contributed by atoms with Crippen LogP contribution in [0.4, 0.5) is 0 Å². The van der Waals surface area contributed by atoms with Crippen molar-refractivity contribution >= 4 is 0 Å². The molecule has 2 fully saturated rings. The van der Waals surface area contributed by atoms with Crippen LogP contribution in [-0.2, 0) is 13.6 Å². The fourth-order valence-electron chi connectivity index (χ4n) is 3.18. The summed E-state index contributed by atoms with van der Waals surface area (Å²) < 4.78 is 1.91. The zero-order valence-corrected chi connectivity index (χ0v) is 12.3.